The maximum Gasteiger partial charge on any atom is 0.252 e. The van der Waals surface area contributed by atoms with Gasteiger partial charge in [0.25, 0.3) is 5.91 Å². The molecular formula is C13H17ClN2O. The van der Waals surface area contributed by atoms with E-state index in [4.69, 9.17) is 17.3 Å². The Kier molecular flexibility index (Phi) is 3.69. The average molecular weight is 253 g/mol. The van der Waals surface area contributed by atoms with Crippen molar-refractivity contribution in [3.8, 4) is 0 Å². The number of nitrogens with two attached hydrogens (primary N) is 1. The molecule has 92 valence electrons. The minimum Gasteiger partial charge on any atom is -0.351 e. The van der Waals surface area contributed by atoms with Gasteiger partial charge in [-0.1, -0.05) is 30.2 Å². The van der Waals surface area contributed by atoms with Gasteiger partial charge in [0.2, 0.25) is 0 Å². The van der Waals surface area contributed by atoms with E-state index in [1.54, 1.807) is 12.1 Å². The van der Waals surface area contributed by atoms with Crippen molar-refractivity contribution in [1.29, 1.82) is 0 Å². The summed E-state index contributed by atoms with van der Waals surface area (Å²) in [6.45, 7) is 1.28. The van der Waals surface area contributed by atoms with Gasteiger partial charge in [-0.15, -0.1) is 0 Å². The summed E-state index contributed by atoms with van der Waals surface area (Å²) >= 11 is 5.97. The zero-order valence-corrected chi connectivity index (χ0v) is 10.5. The zero-order chi connectivity index (χ0) is 12.3. The van der Waals surface area contributed by atoms with E-state index in [0.717, 1.165) is 12.8 Å². The van der Waals surface area contributed by atoms with E-state index >= 15 is 0 Å². The number of rotatable bonds is 4. The predicted molar refractivity (Wildman–Crippen MR) is 69.1 cm³/mol. The van der Waals surface area contributed by atoms with Crippen LogP contribution < -0.4 is 11.1 Å². The number of nitrogens with one attached hydrogen (secondary N) is 1. The van der Waals surface area contributed by atoms with Gasteiger partial charge in [-0.3, -0.25) is 4.79 Å². The van der Waals surface area contributed by atoms with Gasteiger partial charge in [0.15, 0.2) is 0 Å². The molecule has 0 unspecified atom stereocenters. The molecule has 0 spiro atoms. The Balaban J connectivity index is 1.96. The molecule has 4 heteroatoms. The Morgan fingerprint density at radius 2 is 2.12 bits per heavy atom. The van der Waals surface area contributed by atoms with E-state index in [2.05, 4.69) is 5.32 Å². The molecule has 1 amide bonds. The van der Waals surface area contributed by atoms with E-state index in [-0.39, 0.29) is 11.3 Å². The monoisotopic (exact) mass is 252 g/mol. The zero-order valence-electron chi connectivity index (χ0n) is 9.71. The second kappa shape index (κ2) is 5.07. The van der Waals surface area contributed by atoms with Crippen LogP contribution in [0.4, 0.5) is 0 Å². The highest BCUT2D eigenvalue weighted by molar-refractivity contribution is 6.33. The second-order valence-corrected chi connectivity index (χ2v) is 5.13. The lowest BCUT2D eigenvalue weighted by Gasteiger charge is -2.41. The van der Waals surface area contributed by atoms with Crippen LogP contribution in [-0.2, 0) is 0 Å². The van der Waals surface area contributed by atoms with E-state index < -0.39 is 0 Å². The minimum atomic E-state index is -0.115. The summed E-state index contributed by atoms with van der Waals surface area (Å²) in [6.07, 6.45) is 3.41. The molecule has 1 aromatic carbocycles. The van der Waals surface area contributed by atoms with Crippen LogP contribution in [-0.4, -0.2) is 19.0 Å². The van der Waals surface area contributed by atoms with Gasteiger partial charge >= 0.3 is 0 Å². The molecule has 3 N–H and O–H groups in total. The molecule has 0 aromatic heterocycles. The Bertz CT molecular complexity index is 410. The molecule has 17 heavy (non-hydrogen) atoms. The summed E-state index contributed by atoms with van der Waals surface area (Å²) in [5.74, 6) is -0.115. The van der Waals surface area contributed by atoms with Crippen molar-refractivity contribution in [2.75, 3.05) is 13.1 Å². The SMILES string of the molecule is NCC1(CNC(=O)c2ccccc2Cl)CCC1. The highest BCUT2D eigenvalue weighted by Crippen LogP contribution is 2.39. The van der Waals surface area contributed by atoms with Gasteiger partial charge in [-0.2, -0.15) is 0 Å². The van der Waals surface area contributed by atoms with Crippen LogP contribution in [0.15, 0.2) is 24.3 Å². The first-order chi connectivity index (χ1) is 8.17. The van der Waals surface area contributed by atoms with Crippen LogP contribution in [0.5, 0.6) is 0 Å². The van der Waals surface area contributed by atoms with Gasteiger partial charge in [-0.05, 0) is 36.9 Å². The van der Waals surface area contributed by atoms with Crippen LogP contribution in [0.25, 0.3) is 0 Å². The van der Waals surface area contributed by atoms with Crippen LogP contribution in [0.2, 0.25) is 5.02 Å². The summed E-state index contributed by atoms with van der Waals surface area (Å²) in [4.78, 5) is 11.9. The first kappa shape index (κ1) is 12.4. The van der Waals surface area contributed by atoms with Crippen LogP contribution in [0.3, 0.4) is 0 Å². The van der Waals surface area contributed by atoms with Crippen molar-refractivity contribution < 1.29 is 4.79 Å². The number of hydrogen-bond acceptors (Lipinski definition) is 2. The quantitative estimate of drug-likeness (QED) is 0.863. The molecule has 1 aromatic rings. The van der Waals surface area contributed by atoms with Gasteiger partial charge in [0, 0.05) is 6.54 Å². The molecule has 1 saturated carbocycles. The Morgan fingerprint density at radius 3 is 2.65 bits per heavy atom. The highest BCUT2D eigenvalue weighted by atomic mass is 35.5. The standard InChI is InChI=1S/C13H17ClN2O/c14-11-5-2-1-4-10(11)12(17)16-9-13(8-15)6-3-7-13/h1-2,4-5H,3,6-9,15H2,(H,16,17). The fraction of sp³-hybridized carbons (Fsp3) is 0.462. The molecule has 1 fully saturated rings. The number of halogens is 1. The number of hydrogen-bond donors (Lipinski definition) is 2. The average Bonchev–Trinajstić information content (AvgIpc) is 2.28. The van der Waals surface area contributed by atoms with Crippen molar-refractivity contribution in [1.82, 2.24) is 5.32 Å². The summed E-state index contributed by atoms with van der Waals surface area (Å²) in [7, 11) is 0. The second-order valence-electron chi connectivity index (χ2n) is 4.72. The summed E-state index contributed by atoms with van der Waals surface area (Å²) in [5, 5.41) is 3.42. The number of amides is 1. The molecule has 1 aliphatic carbocycles. The van der Waals surface area contributed by atoms with E-state index in [9.17, 15) is 4.79 Å². The molecule has 0 heterocycles. The lowest BCUT2D eigenvalue weighted by molar-refractivity contribution is 0.0876. The third kappa shape index (κ3) is 2.61. The molecule has 3 nitrogen and oxygen atoms in total. The number of benzene rings is 1. The van der Waals surface area contributed by atoms with Gasteiger partial charge < -0.3 is 11.1 Å². The summed E-state index contributed by atoms with van der Waals surface area (Å²) in [6, 6.07) is 7.07. The smallest absolute Gasteiger partial charge is 0.252 e. The third-order valence-electron chi connectivity index (χ3n) is 3.59. The van der Waals surface area contributed by atoms with Crippen molar-refractivity contribution in [2.45, 2.75) is 19.3 Å². The highest BCUT2D eigenvalue weighted by Gasteiger charge is 2.35. The van der Waals surface area contributed by atoms with Crippen LogP contribution in [0.1, 0.15) is 29.6 Å². The van der Waals surface area contributed by atoms with Crippen LogP contribution >= 0.6 is 11.6 Å². The lowest BCUT2D eigenvalue weighted by atomic mass is 9.69. The molecule has 2 rings (SSSR count). The molecule has 0 radical (unpaired) electrons. The first-order valence-electron chi connectivity index (χ1n) is 5.90. The van der Waals surface area contributed by atoms with Crippen LogP contribution in [0, 0.1) is 5.41 Å². The van der Waals surface area contributed by atoms with Gasteiger partial charge in [0.05, 0.1) is 10.6 Å². The maximum absolute atomic E-state index is 11.9. The maximum atomic E-state index is 11.9. The first-order valence-corrected chi connectivity index (χ1v) is 6.27. The molecule has 0 bridgehead atoms. The largest absolute Gasteiger partial charge is 0.351 e. The van der Waals surface area contributed by atoms with Crippen molar-refractivity contribution >= 4 is 17.5 Å². The molecule has 0 aliphatic heterocycles. The van der Waals surface area contributed by atoms with Crippen molar-refractivity contribution in [3.05, 3.63) is 34.9 Å². The number of carbonyl (C=O) groups excluding carboxylic acids is 1. The molecule has 0 atom stereocenters. The Labute approximate surface area is 106 Å². The topological polar surface area (TPSA) is 55.1 Å². The predicted octanol–water partition coefficient (Wildman–Crippen LogP) is 2.20. The van der Waals surface area contributed by atoms with Crippen molar-refractivity contribution in [3.63, 3.8) is 0 Å². The fourth-order valence-electron chi connectivity index (χ4n) is 2.14. The van der Waals surface area contributed by atoms with Crippen molar-refractivity contribution in [2.24, 2.45) is 11.1 Å². The van der Waals surface area contributed by atoms with E-state index in [1.165, 1.54) is 6.42 Å². The van der Waals surface area contributed by atoms with E-state index in [1.807, 2.05) is 12.1 Å². The molecule has 0 saturated heterocycles. The minimum absolute atomic E-state index is 0.115. The van der Waals surface area contributed by atoms with Gasteiger partial charge in [0.1, 0.15) is 0 Å². The molecular weight excluding hydrogens is 236 g/mol. The van der Waals surface area contributed by atoms with E-state index in [0.29, 0.717) is 23.7 Å². The Morgan fingerprint density at radius 1 is 1.41 bits per heavy atom. The summed E-state index contributed by atoms with van der Waals surface area (Å²) in [5.41, 5.74) is 6.40. The lowest BCUT2D eigenvalue weighted by Crippen LogP contribution is -2.46. The third-order valence-corrected chi connectivity index (χ3v) is 3.92. The number of carbonyl (C=O) groups is 1. The fourth-order valence-corrected chi connectivity index (χ4v) is 2.36. The normalized spacial score (nSPS) is 17.3. The summed E-state index contributed by atoms with van der Waals surface area (Å²) < 4.78 is 0. The Hall–Kier alpha value is -1.06. The van der Waals surface area contributed by atoms with Gasteiger partial charge in [-0.25, -0.2) is 0 Å². The molecule has 1 aliphatic rings.